The first-order valence-electron chi connectivity index (χ1n) is 7.85. The lowest BCUT2D eigenvalue weighted by molar-refractivity contribution is 0.186. The van der Waals surface area contributed by atoms with Gasteiger partial charge in [0.1, 0.15) is 0 Å². The standard InChI is InChI=1S/C16H23N5O3/c1-16(2,3)10-9-21-11-12(17-14(21)20(10)7-8-24-6)18(4)15(23)19(5)13(11)22/h9H,7-8H2,1-6H3. The van der Waals surface area contributed by atoms with Crippen molar-refractivity contribution in [1.82, 2.24) is 23.1 Å². The summed E-state index contributed by atoms with van der Waals surface area (Å²) in [4.78, 5) is 29.3. The van der Waals surface area contributed by atoms with Gasteiger partial charge in [-0.1, -0.05) is 20.8 Å². The minimum Gasteiger partial charge on any atom is -0.383 e. The van der Waals surface area contributed by atoms with Gasteiger partial charge in [-0.3, -0.25) is 18.3 Å². The number of hydrogen-bond donors (Lipinski definition) is 0. The molecular weight excluding hydrogens is 310 g/mol. The number of hydrogen-bond acceptors (Lipinski definition) is 4. The summed E-state index contributed by atoms with van der Waals surface area (Å²) in [6, 6.07) is 0. The fourth-order valence-electron chi connectivity index (χ4n) is 3.02. The van der Waals surface area contributed by atoms with Crippen molar-refractivity contribution in [3.63, 3.8) is 0 Å². The average molecular weight is 333 g/mol. The van der Waals surface area contributed by atoms with Crippen molar-refractivity contribution >= 4 is 16.9 Å². The molecular formula is C16H23N5O3. The van der Waals surface area contributed by atoms with Crippen LogP contribution in [0.5, 0.6) is 0 Å². The normalized spacial score (nSPS) is 12.6. The zero-order chi connectivity index (χ0) is 17.8. The summed E-state index contributed by atoms with van der Waals surface area (Å²) < 4.78 is 11.6. The summed E-state index contributed by atoms with van der Waals surface area (Å²) in [7, 11) is 4.76. The van der Waals surface area contributed by atoms with Gasteiger partial charge in [-0.2, -0.15) is 4.98 Å². The highest BCUT2D eigenvalue weighted by atomic mass is 16.5. The van der Waals surface area contributed by atoms with Crippen LogP contribution in [0, 0.1) is 0 Å². The third kappa shape index (κ3) is 2.21. The van der Waals surface area contributed by atoms with E-state index in [0.717, 1.165) is 10.3 Å². The minimum atomic E-state index is -0.382. The lowest BCUT2D eigenvalue weighted by Gasteiger charge is -2.20. The second kappa shape index (κ2) is 5.34. The van der Waals surface area contributed by atoms with Crippen molar-refractivity contribution in [2.24, 2.45) is 14.1 Å². The van der Waals surface area contributed by atoms with Crippen LogP contribution in [0.1, 0.15) is 26.5 Å². The Kier molecular flexibility index (Phi) is 3.67. The van der Waals surface area contributed by atoms with Gasteiger partial charge in [0.2, 0.25) is 5.78 Å². The molecule has 3 heterocycles. The summed E-state index contributed by atoms with van der Waals surface area (Å²) in [6.07, 6.45) is 1.94. The molecule has 0 bridgehead atoms. The largest absolute Gasteiger partial charge is 0.383 e. The van der Waals surface area contributed by atoms with Crippen LogP contribution in [-0.4, -0.2) is 36.8 Å². The number of rotatable bonds is 3. The van der Waals surface area contributed by atoms with Crippen molar-refractivity contribution in [2.45, 2.75) is 32.7 Å². The Morgan fingerprint density at radius 1 is 1.17 bits per heavy atom. The maximum atomic E-state index is 12.6. The minimum absolute atomic E-state index is 0.118. The van der Waals surface area contributed by atoms with Gasteiger partial charge in [0.05, 0.1) is 6.61 Å². The highest BCUT2D eigenvalue weighted by Crippen LogP contribution is 2.26. The molecule has 0 fully saturated rings. The molecule has 0 N–H and O–H groups in total. The van der Waals surface area contributed by atoms with Gasteiger partial charge < -0.3 is 9.30 Å². The van der Waals surface area contributed by atoms with Gasteiger partial charge in [0.25, 0.3) is 5.56 Å². The van der Waals surface area contributed by atoms with Crippen LogP contribution >= 0.6 is 0 Å². The molecule has 0 amide bonds. The number of aryl methyl sites for hydroxylation is 1. The van der Waals surface area contributed by atoms with Gasteiger partial charge in [-0.15, -0.1) is 0 Å². The van der Waals surface area contributed by atoms with Crippen LogP contribution in [0.2, 0.25) is 0 Å². The fraction of sp³-hybridized carbons (Fsp3) is 0.562. The molecule has 3 aromatic rings. The molecule has 3 aromatic heterocycles. The average Bonchev–Trinajstić information content (AvgIpc) is 3.04. The molecule has 0 aliphatic rings. The Morgan fingerprint density at radius 2 is 1.83 bits per heavy atom. The van der Waals surface area contributed by atoms with Gasteiger partial charge in [0.15, 0.2) is 11.2 Å². The van der Waals surface area contributed by atoms with E-state index >= 15 is 0 Å². The quantitative estimate of drug-likeness (QED) is 0.704. The van der Waals surface area contributed by atoms with Crippen LogP contribution in [0.4, 0.5) is 0 Å². The number of methoxy groups -OCH3 is 1. The maximum Gasteiger partial charge on any atom is 0.332 e. The lowest BCUT2D eigenvalue weighted by Crippen LogP contribution is -2.37. The van der Waals surface area contributed by atoms with E-state index in [1.807, 2.05) is 10.8 Å². The van der Waals surface area contributed by atoms with E-state index in [1.165, 1.54) is 11.6 Å². The van der Waals surface area contributed by atoms with Crippen molar-refractivity contribution in [2.75, 3.05) is 13.7 Å². The Labute approximate surface area is 138 Å². The van der Waals surface area contributed by atoms with Gasteiger partial charge in [0, 0.05) is 45.1 Å². The van der Waals surface area contributed by atoms with Gasteiger partial charge >= 0.3 is 5.69 Å². The number of aromatic nitrogens is 5. The molecule has 0 radical (unpaired) electrons. The van der Waals surface area contributed by atoms with E-state index in [-0.39, 0.29) is 16.7 Å². The number of fused-ring (bicyclic) bond motifs is 3. The summed E-state index contributed by atoms with van der Waals surface area (Å²) in [5, 5.41) is 0. The molecule has 0 aliphatic carbocycles. The zero-order valence-electron chi connectivity index (χ0n) is 15.0. The first-order chi connectivity index (χ1) is 11.2. The fourth-order valence-corrected chi connectivity index (χ4v) is 3.02. The smallest absolute Gasteiger partial charge is 0.332 e. The molecule has 0 aliphatic heterocycles. The van der Waals surface area contributed by atoms with E-state index in [1.54, 1.807) is 18.6 Å². The summed E-state index contributed by atoms with van der Waals surface area (Å²) in [6.45, 7) is 7.49. The summed E-state index contributed by atoms with van der Waals surface area (Å²) >= 11 is 0. The predicted octanol–water partition coefficient (Wildman–Crippen LogP) is 0.630. The first-order valence-corrected chi connectivity index (χ1v) is 7.85. The Hall–Kier alpha value is -2.35. The van der Waals surface area contributed by atoms with Crippen molar-refractivity contribution in [1.29, 1.82) is 0 Å². The lowest BCUT2D eigenvalue weighted by atomic mass is 9.92. The molecule has 0 saturated carbocycles. The zero-order valence-corrected chi connectivity index (χ0v) is 15.0. The van der Waals surface area contributed by atoms with Crippen molar-refractivity contribution in [3.8, 4) is 0 Å². The van der Waals surface area contributed by atoms with E-state index in [0.29, 0.717) is 30.1 Å². The van der Waals surface area contributed by atoms with Crippen LogP contribution in [-0.2, 0) is 30.8 Å². The number of imidazole rings is 2. The second-order valence-corrected chi connectivity index (χ2v) is 7.07. The van der Waals surface area contributed by atoms with Crippen molar-refractivity contribution < 1.29 is 4.74 Å². The third-order valence-electron chi connectivity index (χ3n) is 4.34. The Morgan fingerprint density at radius 3 is 2.42 bits per heavy atom. The molecule has 24 heavy (non-hydrogen) atoms. The third-order valence-corrected chi connectivity index (χ3v) is 4.34. The summed E-state index contributed by atoms with van der Waals surface area (Å²) in [5.74, 6) is 0.644. The summed E-state index contributed by atoms with van der Waals surface area (Å²) in [5.41, 5.74) is 1.02. The van der Waals surface area contributed by atoms with E-state index in [2.05, 4.69) is 25.8 Å². The van der Waals surface area contributed by atoms with Gasteiger partial charge in [-0.05, 0) is 0 Å². The number of ether oxygens (including phenoxy) is 1. The van der Waals surface area contributed by atoms with E-state index < -0.39 is 0 Å². The SMILES string of the molecule is COCCn1c(C(C)(C)C)cn2c3c(=O)n(C)c(=O)n(C)c3nc12. The first kappa shape index (κ1) is 16.5. The molecule has 130 valence electrons. The van der Waals surface area contributed by atoms with Crippen LogP contribution in [0.3, 0.4) is 0 Å². The molecule has 0 atom stereocenters. The van der Waals surface area contributed by atoms with E-state index in [9.17, 15) is 9.59 Å². The molecule has 0 aromatic carbocycles. The molecule has 0 saturated heterocycles. The second-order valence-electron chi connectivity index (χ2n) is 7.07. The Bertz CT molecular complexity index is 1040. The van der Waals surface area contributed by atoms with Crippen molar-refractivity contribution in [3.05, 3.63) is 32.7 Å². The topological polar surface area (TPSA) is 75.5 Å². The Balaban J connectivity index is 2.48. The molecule has 0 unspecified atom stereocenters. The molecule has 8 heteroatoms. The van der Waals surface area contributed by atoms with Crippen LogP contribution < -0.4 is 11.2 Å². The van der Waals surface area contributed by atoms with Gasteiger partial charge in [-0.25, -0.2) is 4.79 Å². The number of nitrogens with zero attached hydrogens (tertiary/aromatic N) is 5. The monoisotopic (exact) mass is 333 g/mol. The van der Waals surface area contributed by atoms with Crippen LogP contribution in [0.25, 0.3) is 16.9 Å². The maximum absolute atomic E-state index is 12.6. The van der Waals surface area contributed by atoms with E-state index in [4.69, 9.17) is 4.74 Å². The predicted molar refractivity (Wildman–Crippen MR) is 91.7 cm³/mol. The van der Waals surface area contributed by atoms with Crippen LogP contribution in [0.15, 0.2) is 15.8 Å². The molecule has 0 spiro atoms. The highest BCUT2D eigenvalue weighted by Gasteiger charge is 2.25. The molecule has 3 rings (SSSR count). The highest BCUT2D eigenvalue weighted by molar-refractivity contribution is 5.75. The molecule has 8 nitrogen and oxygen atoms in total.